The van der Waals surface area contributed by atoms with Crippen molar-refractivity contribution in [2.45, 2.75) is 43.0 Å². The number of nitrogens with one attached hydrogen (secondary N) is 1. The van der Waals surface area contributed by atoms with Crippen LogP contribution in [-0.4, -0.2) is 39.3 Å². The highest BCUT2D eigenvalue weighted by Crippen LogP contribution is 2.29. The molecule has 0 saturated heterocycles. The first-order valence-electron chi connectivity index (χ1n) is 8.21. The third-order valence-electron chi connectivity index (χ3n) is 4.68. The Hall–Kier alpha value is -1.31. The Labute approximate surface area is 155 Å². The molecule has 8 heteroatoms. The van der Waals surface area contributed by atoms with E-state index in [0.29, 0.717) is 12.3 Å². The van der Waals surface area contributed by atoms with Crippen LogP contribution in [0.15, 0.2) is 29.2 Å². The van der Waals surface area contributed by atoms with Gasteiger partial charge in [0.05, 0.1) is 23.3 Å². The summed E-state index contributed by atoms with van der Waals surface area (Å²) in [6, 6.07) is 6.19. The van der Waals surface area contributed by atoms with Crippen LogP contribution in [0.3, 0.4) is 0 Å². The quantitative estimate of drug-likeness (QED) is 0.741. The molecule has 6 nitrogen and oxygen atoms in total. The number of carbonyl (C=O) groups excluding carboxylic acids is 1. The molecule has 1 saturated carbocycles. The summed E-state index contributed by atoms with van der Waals surface area (Å²) in [5.74, 6) is -0.530. The van der Waals surface area contributed by atoms with Crippen molar-refractivity contribution in [3.63, 3.8) is 0 Å². The van der Waals surface area contributed by atoms with Crippen LogP contribution in [0.1, 0.15) is 32.6 Å². The molecule has 0 aromatic heterocycles. The molecule has 1 aliphatic rings. The van der Waals surface area contributed by atoms with Crippen molar-refractivity contribution in [1.29, 1.82) is 0 Å². The number of nitrogens with two attached hydrogens (primary N) is 1. The van der Waals surface area contributed by atoms with E-state index in [2.05, 4.69) is 5.32 Å². The number of ether oxygens (including phenoxy) is 1. The predicted molar refractivity (Wildman–Crippen MR) is 99.9 cm³/mol. The number of hydrogen-bond donors (Lipinski definition) is 2. The zero-order valence-electron chi connectivity index (χ0n) is 14.7. The van der Waals surface area contributed by atoms with Gasteiger partial charge >= 0.3 is 0 Å². The zero-order valence-corrected chi connectivity index (χ0v) is 16.3. The molecule has 1 fully saturated rings. The lowest BCUT2D eigenvalue weighted by Crippen LogP contribution is -2.53. The maximum atomic E-state index is 12.5. The second-order valence-corrected chi connectivity index (χ2v) is 8.57. The number of sulfone groups is 1. The third-order valence-corrected chi connectivity index (χ3v) is 6.60. The van der Waals surface area contributed by atoms with Gasteiger partial charge in [0.2, 0.25) is 5.91 Å². The van der Waals surface area contributed by atoms with Gasteiger partial charge in [0, 0.05) is 12.5 Å². The number of carbonyl (C=O) groups is 1. The molecule has 2 rings (SSSR count). The van der Waals surface area contributed by atoms with Crippen LogP contribution in [0.25, 0.3) is 0 Å². The Balaban J connectivity index is 0.00000312. The lowest BCUT2D eigenvalue weighted by atomic mass is 9.97. The van der Waals surface area contributed by atoms with Crippen LogP contribution in [0.4, 0.5) is 0 Å². The first-order chi connectivity index (χ1) is 11.3. The van der Waals surface area contributed by atoms with Crippen LogP contribution in [0.2, 0.25) is 0 Å². The number of methoxy groups -OCH3 is 1. The molecular formula is C17H27ClN2O4S. The van der Waals surface area contributed by atoms with Gasteiger partial charge in [-0.2, -0.15) is 0 Å². The molecule has 0 heterocycles. The van der Waals surface area contributed by atoms with E-state index in [4.69, 9.17) is 10.5 Å². The maximum absolute atomic E-state index is 12.5. The van der Waals surface area contributed by atoms with Crippen molar-refractivity contribution in [2.24, 2.45) is 11.7 Å². The summed E-state index contributed by atoms with van der Waals surface area (Å²) in [7, 11) is -2.02. The Bertz CT molecular complexity index is 670. The summed E-state index contributed by atoms with van der Waals surface area (Å²) in [5.41, 5.74) is 5.45. The first kappa shape index (κ1) is 21.7. The van der Waals surface area contributed by atoms with E-state index in [0.717, 1.165) is 25.7 Å². The summed E-state index contributed by atoms with van der Waals surface area (Å²) in [6.07, 6.45) is 3.78. The van der Waals surface area contributed by atoms with Gasteiger partial charge in [0.1, 0.15) is 5.75 Å². The van der Waals surface area contributed by atoms with Gasteiger partial charge in [-0.1, -0.05) is 19.8 Å². The average molecular weight is 391 g/mol. The van der Waals surface area contributed by atoms with Crippen molar-refractivity contribution in [3.8, 4) is 5.75 Å². The molecule has 1 unspecified atom stereocenters. The van der Waals surface area contributed by atoms with Crippen LogP contribution in [-0.2, 0) is 14.6 Å². The summed E-state index contributed by atoms with van der Waals surface area (Å²) in [5, 5.41) is 2.99. The lowest BCUT2D eigenvalue weighted by molar-refractivity contribution is -0.125. The Kier molecular flexibility index (Phi) is 7.71. The van der Waals surface area contributed by atoms with Gasteiger partial charge in [-0.25, -0.2) is 8.42 Å². The second kappa shape index (κ2) is 8.87. The molecule has 1 aliphatic carbocycles. The van der Waals surface area contributed by atoms with E-state index in [1.807, 2.05) is 0 Å². The van der Waals surface area contributed by atoms with E-state index >= 15 is 0 Å². The fourth-order valence-corrected chi connectivity index (χ4v) is 4.65. The van der Waals surface area contributed by atoms with Crippen LogP contribution in [0, 0.1) is 5.92 Å². The highest BCUT2D eigenvalue weighted by atomic mass is 35.5. The van der Waals surface area contributed by atoms with Gasteiger partial charge in [0.15, 0.2) is 9.84 Å². The Morgan fingerprint density at radius 2 is 1.84 bits per heavy atom. The number of benzene rings is 1. The first-order valence-corrected chi connectivity index (χ1v) is 9.86. The summed E-state index contributed by atoms with van der Waals surface area (Å²) in [4.78, 5) is 12.6. The molecule has 1 aromatic carbocycles. The van der Waals surface area contributed by atoms with Crippen molar-refractivity contribution in [1.82, 2.24) is 5.32 Å². The van der Waals surface area contributed by atoms with Gasteiger partial charge in [0.25, 0.3) is 0 Å². The predicted octanol–water partition coefficient (Wildman–Crippen LogP) is 1.91. The van der Waals surface area contributed by atoms with E-state index in [1.54, 1.807) is 19.1 Å². The van der Waals surface area contributed by atoms with Gasteiger partial charge in [-0.3, -0.25) is 4.79 Å². The molecule has 0 aliphatic heterocycles. The van der Waals surface area contributed by atoms with E-state index in [9.17, 15) is 13.2 Å². The van der Waals surface area contributed by atoms with Crippen molar-refractivity contribution >= 4 is 28.2 Å². The highest BCUT2D eigenvalue weighted by molar-refractivity contribution is 7.91. The van der Waals surface area contributed by atoms with Crippen molar-refractivity contribution in [3.05, 3.63) is 24.3 Å². The van der Waals surface area contributed by atoms with E-state index < -0.39 is 15.8 Å². The molecule has 0 bridgehead atoms. The smallest absolute Gasteiger partial charge is 0.224 e. The van der Waals surface area contributed by atoms with Crippen LogP contribution < -0.4 is 15.8 Å². The van der Waals surface area contributed by atoms with E-state index in [-0.39, 0.29) is 34.5 Å². The fraction of sp³-hybridized carbons (Fsp3) is 0.588. The molecule has 1 atom stereocenters. The van der Waals surface area contributed by atoms with Gasteiger partial charge < -0.3 is 15.8 Å². The summed E-state index contributed by atoms with van der Waals surface area (Å²) < 4.78 is 30.0. The Morgan fingerprint density at radius 3 is 2.32 bits per heavy atom. The lowest BCUT2D eigenvalue weighted by Gasteiger charge is -2.30. The minimum Gasteiger partial charge on any atom is -0.497 e. The zero-order chi connectivity index (χ0) is 17.8. The fourth-order valence-electron chi connectivity index (χ4n) is 3.10. The molecule has 25 heavy (non-hydrogen) atoms. The monoisotopic (exact) mass is 390 g/mol. The number of halogens is 1. The maximum Gasteiger partial charge on any atom is 0.224 e. The number of amides is 1. The SMILES string of the molecule is COc1ccc(S(=O)(=O)CC(C)C(=O)NC2(CN)CCCC2)cc1.Cl. The average Bonchev–Trinajstić information content (AvgIpc) is 3.03. The third kappa shape index (κ3) is 5.33. The molecule has 3 N–H and O–H groups in total. The molecule has 1 aromatic rings. The minimum atomic E-state index is -3.54. The summed E-state index contributed by atoms with van der Waals surface area (Å²) >= 11 is 0. The highest BCUT2D eigenvalue weighted by Gasteiger charge is 2.35. The largest absolute Gasteiger partial charge is 0.497 e. The molecular weight excluding hydrogens is 364 g/mol. The second-order valence-electron chi connectivity index (χ2n) is 6.54. The van der Waals surface area contributed by atoms with Gasteiger partial charge in [-0.05, 0) is 37.1 Å². The van der Waals surface area contributed by atoms with Crippen molar-refractivity contribution < 1.29 is 17.9 Å². The van der Waals surface area contributed by atoms with Crippen molar-refractivity contribution in [2.75, 3.05) is 19.4 Å². The molecule has 0 spiro atoms. The standard InChI is InChI=1S/C17H26N2O4S.ClH/c1-13(16(20)19-17(12-18)9-3-4-10-17)11-24(21,22)15-7-5-14(23-2)6-8-15;/h5-8,13H,3-4,9-12,18H2,1-2H3,(H,19,20);1H. The topological polar surface area (TPSA) is 98.5 Å². The van der Waals surface area contributed by atoms with Gasteiger partial charge in [-0.15, -0.1) is 12.4 Å². The normalized spacial score (nSPS) is 17.4. The van der Waals surface area contributed by atoms with E-state index in [1.165, 1.54) is 19.2 Å². The molecule has 0 radical (unpaired) electrons. The minimum absolute atomic E-state index is 0. The van der Waals surface area contributed by atoms with Crippen LogP contribution in [0.5, 0.6) is 5.75 Å². The molecule has 1 amide bonds. The molecule has 142 valence electrons. The van der Waals surface area contributed by atoms with Crippen LogP contribution >= 0.6 is 12.4 Å². The Morgan fingerprint density at radius 1 is 1.28 bits per heavy atom. The summed E-state index contributed by atoms with van der Waals surface area (Å²) in [6.45, 7) is 2.02. The number of rotatable bonds is 7. The number of hydrogen-bond acceptors (Lipinski definition) is 5.